The van der Waals surface area contributed by atoms with Crippen molar-refractivity contribution < 1.29 is 52.7 Å². The third-order valence-electron chi connectivity index (χ3n) is 5.71. The van der Waals surface area contributed by atoms with Crippen LogP contribution in [-0.4, -0.2) is 70.2 Å². The molecule has 1 fully saturated rings. The summed E-state index contributed by atoms with van der Waals surface area (Å²) in [6.07, 6.45) is -5.73. The molecule has 0 unspecified atom stereocenters. The number of esters is 4. The van der Waals surface area contributed by atoms with Gasteiger partial charge in [-0.05, 0) is 18.2 Å². The van der Waals surface area contributed by atoms with Crippen LogP contribution >= 0.6 is 11.8 Å². The Kier molecular flexibility index (Phi) is 11.0. The molecule has 0 amide bonds. The number of hydrogen-bond acceptors (Lipinski definition) is 15. The molecule has 0 aromatic heterocycles. The SMILES string of the molecule is CC(=O)OC[C@H]1O[C@@H](Sc2cc(Nc3ccccc3)c([N+](=O)[O-])cc2[N+](=O)[O-])[C@H](OC(C)=O)[C@@H](OC(C)=O)[C@H]1OC(C)=O. The van der Waals surface area contributed by atoms with Crippen LogP contribution in [0.1, 0.15) is 27.7 Å². The van der Waals surface area contributed by atoms with Crippen LogP contribution in [0.25, 0.3) is 0 Å². The van der Waals surface area contributed by atoms with E-state index in [2.05, 4.69) is 5.32 Å². The van der Waals surface area contributed by atoms with Gasteiger partial charge in [-0.25, -0.2) is 0 Å². The average molecular weight is 622 g/mol. The summed E-state index contributed by atoms with van der Waals surface area (Å²) in [4.78, 5) is 69.8. The average Bonchev–Trinajstić information content (AvgIpc) is 2.90. The van der Waals surface area contributed by atoms with Crippen molar-refractivity contribution in [3.05, 3.63) is 62.7 Å². The smallest absolute Gasteiger partial charge is 0.303 e. The number of para-hydroxylation sites is 1. The number of ether oxygens (including phenoxy) is 5. The van der Waals surface area contributed by atoms with E-state index >= 15 is 0 Å². The van der Waals surface area contributed by atoms with Crippen LogP contribution in [0, 0.1) is 20.2 Å². The number of nitrogens with one attached hydrogen (secondary N) is 1. The maximum absolute atomic E-state index is 12.1. The van der Waals surface area contributed by atoms with E-state index in [9.17, 15) is 39.4 Å². The fourth-order valence-electron chi connectivity index (χ4n) is 4.13. The predicted molar refractivity (Wildman–Crippen MR) is 147 cm³/mol. The van der Waals surface area contributed by atoms with E-state index < -0.39 is 81.6 Å². The molecule has 2 aromatic rings. The normalized spacial score (nSPS) is 21.2. The summed E-state index contributed by atoms with van der Waals surface area (Å²) in [6, 6.07) is 10.2. The highest BCUT2D eigenvalue weighted by atomic mass is 32.2. The molecule has 43 heavy (non-hydrogen) atoms. The summed E-state index contributed by atoms with van der Waals surface area (Å²) in [5.41, 5.74) is -2.33. The minimum Gasteiger partial charge on any atom is -0.463 e. The van der Waals surface area contributed by atoms with Gasteiger partial charge in [-0.1, -0.05) is 30.0 Å². The Bertz CT molecular complexity index is 1400. The Morgan fingerprint density at radius 1 is 0.814 bits per heavy atom. The molecule has 0 aliphatic carbocycles. The van der Waals surface area contributed by atoms with Crippen LogP contribution in [0.15, 0.2) is 47.4 Å². The van der Waals surface area contributed by atoms with E-state index in [1.807, 2.05) is 0 Å². The molecule has 16 nitrogen and oxygen atoms in total. The number of rotatable bonds is 11. The van der Waals surface area contributed by atoms with Gasteiger partial charge in [-0.3, -0.25) is 39.4 Å². The molecule has 1 aliphatic heterocycles. The van der Waals surface area contributed by atoms with E-state index in [0.29, 0.717) is 17.4 Å². The van der Waals surface area contributed by atoms with Crippen molar-refractivity contribution in [3.63, 3.8) is 0 Å². The second-order valence-corrected chi connectivity index (χ2v) is 10.2. The van der Waals surface area contributed by atoms with Crippen molar-refractivity contribution in [1.29, 1.82) is 0 Å². The van der Waals surface area contributed by atoms with Crippen molar-refractivity contribution in [3.8, 4) is 0 Å². The van der Waals surface area contributed by atoms with Crippen LogP contribution < -0.4 is 5.32 Å². The Labute approximate surface area is 248 Å². The van der Waals surface area contributed by atoms with Crippen molar-refractivity contribution >= 4 is 58.4 Å². The van der Waals surface area contributed by atoms with E-state index in [1.165, 1.54) is 0 Å². The first-order valence-electron chi connectivity index (χ1n) is 12.5. The third kappa shape index (κ3) is 8.86. The third-order valence-corrected chi connectivity index (χ3v) is 6.91. The lowest BCUT2D eigenvalue weighted by Gasteiger charge is -2.44. The second kappa shape index (κ2) is 14.4. The summed E-state index contributed by atoms with van der Waals surface area (Å²) in [6.45, 7) is 3.78. The summed E-state index contributed by atoms with van der Waals surface area (Å²) in [5.74, 6) is -3.26. The van der Waals surface area contributed by atoms with Gasteiger partial charge >= 0.3 is 23.9 Å². The molecule has 1 saturated heterocycles. The van der Waals surface area contributed by atoms with E-state index in [4.69, 9.17) is 23.7 Å². The lowest BCUT2D eigenvalue weighted by atomic mass is 9.99. The summed E-state index contributed by atoms with van der Waals surface area (Å²) < 4.78 is 27.2. The van der Waals surface area contributed by atoms with Crippen LogP contribution in [0.2, 0.25) is 0 Å². The molecule has 17 heteroatoms. The molecule has 230 valence electrons. The topological polar surface area (TPSA) is 213 Å². The molecule has 0 saturated carbocycles. The van der Waals surface area contributed by atoms with Gasteiger partial charge in [0.15, 0.2) is 18.3 Å². The first kappa shape index (κ1) is 32.7. The molecule has 2 aromatic carbocycles. The van der Waals surface area contributed by atoms with Crippen LogP contribution in [0.4, 0.5) is 22.7 Å². The number of thioether (sulfide) groups is 1. The maximum Gasteiger partial charge on any atom is 0.303 e. The zero-order valence-electron chi connectivity index (χ0n) is 23.2. The van der Waals surface area contributed by atoms with Crippen LogP contribution in [-0.2, 0) is 42.9 Å². The Morgan fingerprint density at radius 3 is 1.91 bits per heavy atom. The monoisotopic (exact) mass is 621 g/mol. The van der Waals surface area contributed by atoms with Crippen molar-refractivity contribution in [2.75, 3.05) is 11.9 Å². The van der Waals surface area contributed by atoms with Gasteiger partial charge < -0.3 is 29.0 Å². The van der Waals surface area contributed by atoms with Gasteiger partial charge in [0.05, 0.1) is 20.8 Å². The minimum atomic E-state index is -1.51. The second-order valence-electron chi connectivity index (χ2n) is 9.03. The van der Waals surface area contributed by atoms with Crippen LogP contribution in [0.5, 0.6) is 0 Å². The van der Waals surface area contributed by atoms with Crippen molar-refractivity contribution in [1.82, 2.24) is 0 Å². The zero-order chi connectivity index (χ0) is 31.8. The molecule has 5 atom stereocenters. The molecule has 0 spiro atoms. The van der Waals surface area contributed by atoms with Gasteiger partial charge in [-0.2, -0.15) is 0 Å². The lowest BCUT2D eigenvalue weighted by molar-refractivity contribution is -0.395. The fourth-order valence-corrected chi connectivity index (χ4v) is 5.36. The zero-order valence-corrected chi connectivity index (χ0v) is 24.1. The van der Waals surface area contributed by atoms with E-state index in [0.717, 1.165) is 39.8 Å². The number of nitro benzene ring substituents is 2. The Morgan fingerprint density at radius 2 is 1.37 bits per heavy atom. The largest absolute Gasteiger partial charge is 0.463 e. The summed E-state index contributed by atoms with van der Waals surface area (Å²) in [7, 11) is 0. The van der Waals surface area contributed by atoms with E-state index in [1.54, 1.807) is 30.3 Å². The number of carbonyl (C=O) groups is 4. The van der Waals surface area contributed by atoms with Gasteiger partial charge in [-0.15, -0.1) is 0 Å². The van der Waals surface area contributed by atoms with Gasteiger partial charge in [0.1, 0.15) is 23.8 Å². The first-order chi connectivity index (χ1) is 20.3. The Balaban J connectivity index is 2.15. The Hall–Kier alpha value is -4.77. The van der Waals surface area contributed by atoms with Crippen molar-refractivity contribution in [2.24, 2.45) is 0 Å². The quantitative estimate of drug-likeness (QED) is 0.165. The maximum atomic E-state index is 12.1. The van der Waals surface area contributed by atoms with Crippen LogP contribution in [0.3, 0.4) is 0 Å². The molecule has 0 radical (unpaired) electrons. The van der Waals surface area contributed by atoms with Crippen molar-refractivity contribution in [2.45, 2.75) is 62.4 Å². The lowest BCUT2D eigenvalue weighted by Crippen LogP contribution is -2.61. The number of benzene rings is 2. The van der Waals surface area contributed by atoms with Gasteiger partial charge in [0.2, 0.25) is 0 Å². The molecule has 3 rings (SSSR count). The first-order valence-corrected chi connectivity index (χ1v) is 13.4. The molecule has 1 aliphatic rings. The standard InChI is InChI=1S/C26H27N3O13S/c1-13(30)38-12-21-23(39-14(2)31)24(40-15(3)32)25(41-16(4)33)26(42-21)43-22-10-18(27-17-8-6-5-7-9-17)19(28(34)35)11-20(22)29(36)37/h5-11,21,23-27H,12H2,1-4H3/t21-,23+,24+,25-,26+/m1/s1. The highest BCUT2D eigenvalue weighted by molar-refractivity contribution is 8.00. The number of hydrogen-bond donors (Lipinski definition) is 1. The predicted octanol–water partition coefficient (Wildman–Crippen LogP) is 3.42. The molecule has 1 heterocycles. The molecular weight excluding hydrogens is 594 g/mol. The van der Waals surface area contributed by atoms with Gasteiger partial charge in [0.25, 0.3) is 11.4 Å². The fraction of sp³-hybridized carbons (Fsp3) is 0.385. The molecule has 1 N–H and O–H groups in total. The number of carbonyl (C=O) groups excluding carboxylic acids is 4. The number of nitro groups is 2. The molecule has 0 bridgehead atoms. The minimum absolute atomic E-state index is 0.102. The van der Waals surface area contributed by atoms with Gasteiger partial charge in [0, 0.05) is 33.4 Å². The highest BCUT2D eigenvalue weighted by Crippen LogP contribution is 2.44. The summed E-state index contributed by atoms with van der Waals surface area (Å²) >= 11 is 0.629. The number of anilines is 2. The number of nitrogens with zero attached hydrogens (tertiary/aromatic N) is 2. The molecular formula is C26H27N3O13S. The van der Waals surface area contributed by atoms with E-state index in [-0.39, 0.29) is 10.6 Å². The summed E-state index contributed by atoms with van der Waals surface area (Å²) in [5, 5.41) is 26.7. The highest BCUT2D eigenvalue weighted by Gasteiger charge is 2.53.